The van der Waals surface area contributed by atoms with Gasteiger partial charge >= 0.3 is 0 Å². The van der Waals surface area contributed by atoms with E-state index in [4.69, 9.17) is 4.74 Å². The molecule has 0 saturated heterocycles. The lowest BCUT2D eigenvalue weighted by Gasteiger charge is -2.05. The molecule has 0 spiro atoms. The molecule has 2 nitrogen and oxygen atoms in total. The maximum atomic E-state index is 9.43. The fourth-order valence-corrected chi connectivity index (χ4v) is 1.06. The lowest BCUT2D eigenvalue weighted by atomic mass is 10.1. The van der Waals surface area contributed by atoms with E-state index in [-0.39, 0.29) is 5.95 Å². The van der Waals surface area contributed by atoms with Crippen molar-refractivity contribution in [2.75, 3.05) is 6.61 Å². The van der Waals surface area contributed by atoms with Gasteiger partial charge in [0.05, 0.1) is 6.61 Å². The van der Waals surface area contributed by atoms with Crippen LogP contribution in [0.5, 0.6) is 0 Å². The van der Waals surface area contributed by atoms with Crippen molar-refractivity contribution in [1.29, 1.82) is 0 Å². The molecule has 0 amide bonds. The Bertz CT molecular complexity index is 288. The highest BCUT2D eigenvalue weighted by molar-refractivity contribution is 5.63. The van der Waals surface area contributed by atoms with E-state index >= 15 is 0 Å². The maximum Gasteiger partial charge on any atom is 0.280 e. The van der Waals surface area contributed by atoms with Gasteiger partial charge in [0.25, 0.3) is 5.95 Å². The number of benzene rings is 1. The van der Waals surface area contributed by atoms with Crippen molar-refractivity contribution in [3.63, 3.8) is 0 Å². The highest BCUT2D eigenvalue weighted by Crippen LogP contribution is 2.16. The summed E-state index contributed by atoms with van der Waals surface area (Å²) in [5.41, 5.74) is 1.75. The minimum atomic E-state index is 0.00806. The van der Waals surface area contributed by atoms with Crippen molar-refractivity contribution in [2.45, 2.75) is 13.8 Å². The highest BCUT2D eigenvalue weighted by Gasteiger charge is 2.02. The third-order valence-electron chi connectivity index (χ3n) is 1.81. The summed E-state index contributed by atoms with van der Waals surface area (Å²) in [5.74, 6) is 0.00806. The van der Waals surface area contributed by atoms with Crippen LogP contribution in [0.25, 0.3) is 5.57 Å². The molecule has 1 N–H and O–H groups in total. The number of aliphatic hydroxyl groups excluding tert-OH is 1. The summed E-state index contributed by atoms with van der Waals surface area (Å²) in [7, 11) is 0. The van der Waals surface area contributed by atoms with Crippen LogP contribution in [0.2, 0.25) is 0 Å². The van der Waals surface area contributed by atoms with Gasteiger partial charge in [0, 0.05) is 5.57 Å². The summed E-state index contributed by atoms with van der Waals surface area (Å²) in [6.07, 6.45) is 0. The second-order valence-electron chi connectivity index (χ2n) is 2.73. The van der Waals surface area contributed by atoms with Crippen LogP contribution in [0.4, 0.5) is 0 Å². The number of ether oxygens (including phenoxy) is 1. The van der Waals surface area contributed by atoms with E-state index in [2.05, 4.69) is 0 Å². The molecule has 0 unspecified atom stereocenters. The van der Waals surface area contributed by atoms with Gasteiger partial charge in [-0.15, -0.1) is 0 Å². The number of allylic oxidation sites excluding steroid dienone is 1. The first-order valence-corrected chi connectivity index (χ1v) is 4.33. The first kappa shape index (κ1) is 9.65. The molecule has 0 fully saturated rings. The van der Waals surface area contributed by atoms with Gasteiger partial charge in [0.2, 0.25) is 0 Å². The topological polar surface area (TPSA) is 29.5 Å². The van der Waals surface area contributed by atoms with Gasteiger partial charge in [-0.25, -0.2) is 0 Å². The molecule has 1 aromatic rings. The summed E-state index contributed by atoms with van der Waals surface area (Å²) < 4.78 is 4.99. The Kier molecular flexibility index (Phi) is 3.38. The minimum Gasteiger partial charge on any atom is -0.481 e. The molecular formula is C11H14O2. The molecule has 1 rings (SSSR count). The van der Waals surface area contributed by atoms with Crippen molar-refractivity contribution < 1.29 is 9.84 Å². The van der Waals surface area contributed by atoms with E-state index in [1.165, 1.54) is 0 Å². The molecule has 0 aliphatic carbocycles. The predicted octanol–water partition coefficient (Wildman–Crippen LogP) is 2.97. The van der Waals surface area contributed by atoms with E-state index in [1.54, 1.807) is 0 Å². The molecule has 0 aliphatic heterocycles. The summed E-state index contributed by atoms with van der Waals surface area (Å²) in [6, 6.07) is 9.67. The SMILES string of the molecule is CCO/C(O)=C(\C)c1ccccc1. The molecule has 1 aromatic carbocycles. The van der Waals surface area contributed by atoms with Crippen molar-refractivity contribution in [3.8, 4) is 0 Å². The zero-order valence-electron chi connectivity index (χ0n) is 7.95. The van der Waals surface area contributed by atoms with Crippen molar-refractivity contribution in [2.24, 2.45) is 0 Å². The Labute approximate surface area is 78.5 Å². The second kappa shape index (κ2) is 4.55. The van der Waals surface area contributed by atoms with Gasteiger partial charge < -0.3 is 9.84 Å². The quantitative estimate of drug-likeness (QED) is 0.721. The first-order valence-electron chi connectivity index (χ1n) is 4.33. The van der Waals surface area contributed by atoms with Gasteiger partial charge in [-0.05, 0) is 19.4 Å². The molecule has 2 heteroatoms. The van der Waals surface area contributed by atoms with Crippen LogP contribution in [0.3, 0.4) is 0 Å². The standard InChI is InChI=1S/C11H14O2/c1-3-13-11(12)9(2)10-7-5-4-6-8-10/h4-8,12H,3H2,1-2H3/b11-9+. The number of aliphatic hydroxyl groups is 1. The van der Waals surface area contributed by atoms with E-state index in [9.17, 15) is 5.11 Å². The van der Waals surface area contributed by atoms with Crippen LogP contribution in [0, 0.1) is 0 Å². The summed E-state index contributed by atoms with van der Waals surface area (Å²) in [4.78, 5) is 0. The van der Waals surface area contributed by atoms with Crippen LogP contribution in [-0.4, -0.2) is 11.7 Å². The average Bonchev–Trinajstić information content (AvgIpc) is 2.18. The largest absolute Gasteiger partial charge is 0.481 e. The minimum absolute atomic E-state index is 0.00806. The number of hydrogen-bond acceptors (Lipinski definition) is 2. The van der Waals surface area contributed by atoms with Crippen LogP contribution < -0.4 is 0 Å². The third-order valence-corrected chi connectivity index (χ3v) is 1.81. The average molecular weight is 178 g/mol. The van der Waals surface area contributed by atoms with Crippen LogP contribution in [-0.2, 0) is 4.74 Å². The van der Waals surface area contributed by atoms with E-state index in [1.807, 2.05) is 44.2 Å². The predicted molar refractivity (Wildman–Crippen MR) is 53.3 cm³/mol. The molecule has 70 valence electrons. The van der Waals surface area contributed by atoms with Gasteiger partial charge in [0.15, 0.2) is 0 Å². The van der Waals surface area contributed by atoms with E-state index < -0.39 is 0 Å². The Morgan fingerprint density at radius 3 is 2.46 bits per heavy atom. The lowest BCUT2D eigenvalue weighted by molar-refractivity contribution is 0.105. The van der Waals surface area contributed by atoms with Crippen molar-refractivity contribution in [1.82, 2.24) is 0 Å². The zero-order valence-corrected chi connectivity index (χ0v) is 7.95. The van der Waals surface area contributed by atoms with E-state index in [0.29, 0.717) is 6.61 Å². The molecule has 0 atom stereocenters. The Hall–Kier alpha value is -1.44. The molecular weight excluding hydrogens is 164 g/mol. The Morgan fingerprint density at radius 2 is 1.92 bits per heavy atom. The van der Waals surface area contributed by atoms with Gasteiger partial charge in [-0.3, -0.25) is 0 Å². The molecule has 0 saturated carbocycles. The third kappa shape index (κ3) is 2.51. The Morgan fingerprint density at radius 1 is 1.31 bits per heavy atom. The van der Waals surface area contributed by atoms with Crippen LogP contribution >= 0.6 is 0 Å². The van der Waals surface area contributed by atoms with E-state index in [0.717, 1.165) is 11.1 Å². The van der Waals surface area contributed by atoms with Crippen LogP contribution in [0.15, 0.2) is 36.3 Å². The molecule has 0 bridgehead atoms. The van der Waals surface area contributed by atoms with Crippen molar-refractivity contribution in [3.05, 3.63) is 41.8 Å². The molecule has 0 aromatic heterocycles. The normalized spacial score (nSPS) is 12.2. The maximum absolute atomic E-state index is 9.43. The zero-order chi connectivity index (χ0) is 9.68. The Balaban J connectivity index is 2.89. The van der Waals surface area contributed by atoms with Gasteiger partial charge in [-0.1, -0.05) is 30.3 Å². The molecule has 0 radical (unpaired) electrons. The smallest absolute Gasteiger partial charge is 0.280 e. The number of hydrogen-bond donors (Lipinski definition) is 1. The first-order chi connectivity index (χ1) is 6.25. The van der Waals surface area contributed by atoms with Crippen LogP contribution in [0.1, 0.15) is 19.4 Å². The number of rotatable bonds is 3. The van der Waals surface area contributed by atoms with Gasteiger partial charge in [-0.2, -0.15) is 0 Å². The monoisotopic (exact) mass is 178 g/mol. The second-order valence-corrected chi connectivity index (χ2v) is 2.73. The summed E-state index contributed by atoms with van der Waals surface area (Å²) in [5, 5.41) is 9.43. The summed E-state index contributed by atoms with van der Waals surface area (Å²) >= 11 is 0. The molecule has 0 heterocycles. The van der Waals surface area contributed by atoms with Crippen molar-refractivity contribution >= 4 is 5.57 Å². The fraction of sp³-hybridized carbons (Fsp3) is 0.273. The summed E-state index contributed by atoms with van der Waals surface area (Å²) in [6.45, 7) is 4.16. The van der Waals surface area contributed by atoms with Gasteiger partial charge in [0.1, 0.15) is 0 Å². The molecule has 0 aliphatic rings. The fourth-order valence-electron chi connectivity index (χ4n) is 1.06. The lowest BCUT2D eigenvalue weighted by Crippen LogP contribution is -1.93. The molecule has 13 heavy (non-hydrogen) atoms. The highest BCUT2D eigenvalue weighted by atomic mass is 16.6.